The van der Waals surface area contributed by atoms with E-state index < -0.39 is 6.09 Å². The Kier molecular flexibility index (Phi) is 3.95. The average molecular weight is 312 g/mol. The predicted octanol–water partition coefficient (Wildman–Crippen LogP) is 1.53. The van der Waals surface area contributed by atoms with Crippen molar-refractivity contribution in [2.24, 2.45) is 5.92 Å². The number of hydrogen-bond acceptors (Lipinski definition) is 2. The number of ether oxygens (including phenoxy) is 1. The number of carbonyl (C=O) groups excluding carboxylic acids is 1. The summed E-state index contributed by atoms with van der Waals surface area (Å²) in [6, 6.07) is 0. The Hall–Kier alpha value is -0.0417. The Morgan fingerprint density at radius 2 is 2.30 bits per heavy atom. The van der Waals surface area contributed by atoms with Crippen molar-refractivity contribution >= 4 is 6.09 Å². The third-order valence-electron chi connectivity index (χ3n) is 1.40. The van der Waals surface area contributed by atoms with Crippen LogP contribution < -0.4 is 0 Å². The van der Waals surface area contributed by atoms with Crippen LogP contribution in [-0.2, 0) is 25.8 Å². The summed E-state index contributed by atoms with van der Waals surface area (Å²) in [5, 5.41) is 3.58. The Balaban J connectivity index is 0.000000810. The van der Waals surface area contributed by atoms with Crippen molar-refractivity contribution in [2.75, 3.05) is 6.54 Å². The second kappa shape index (κ2) is 3.97. The first-order valence-corrected chi connectivity index (χ1v) is 3.08. The van der Waals surface area contributed by atoms with E-state index in [-0.39, 0.29) is 27.2 Å². The van der Waals surface area contributed by atoms with Gasteiger partial charge >= 0.3 is 0 Å². The van der Waals surface area contributed by atoms with Crippen LogP contribution in [0.25, 0.3) is 5.32 Å². The van der Waals surface area contributed by atoms with Gasteiger partial charge in [-0.05, 0) is 5.92 Å². The first kappa shape index (κ1) is 9.96. The summed E-state index contributed by atoms with van der Waals surface area (Å²) < 4.78 is 4.82. The van der Waals surface area contributed by atoms with Crippen LogP contribution in [0.4, 0.5) is 4.79 Å². The van der Waals surface area contributed by atoms with Gasteiger partial charge in [0.25, 0.3) is 0 Å². The van der Waals surface area contributed by atoms with Gasteiger partial charge in [0.1, 0.15) is 0 Å². The van der Waals surface area contributed by atoms with Crippen molar-refractivity contribution in [3.8, 4) is 0 Å². The number of hydrogen-bond donors (Lipinski definition) is 0. The molecule has 1 atom stereocenters. The number of cyclic esters (lactones) is 1. The zero-order valence-corrected chi connectivity index (χ0v) is 8.97. The minimum Gasteiger partial charge on any atom is -0.614 e. The van der Waals surface area contributed by atoms with Crippen LogP contribution in [0.5, 0.6) is 0 Å². The molecule has 0 aliphatic carbocycles. The molecule has 3 nitrogen and oxygen atoms in total. The predicted molar refractivity (Wildman–Crippen MR) is 33.3 cm³/mol. The van der Waals surface area contributed by atoms with Crippen LogP contribution >= 0.6 is 0 Å². The minimum atomic E-state index is -0.409. The second-order valence-corrected chi connectivity index (χ2v) is 2.51. The minimum absolute atomic E-state index is 0. The number of amides is 1. The third kappa shape index (κ3) is 2.29. The zero-order valence-electron chi connectivity index (χ0n) is 6.03. The summed E-state index contributed by atoms with van der Waals surface area (Å²) in [7, 11) is 0. The fourth-order valence-corrected chi connectivity index (χ4v) is 0.715. The molecular formula is C6H10NO2W-. The molecule has 1 amide bonds. The van der Waals surface area contributed by atoms with Gasteiger partial charge in [-0.25, -0.2) is 0 Å². The van der Waals surface area contributed by atoms with Gasteiger partial charge in [0.05, 0.1) is 6.10 Å². The summed E-state index contributed by atoms with van der Waals surface area (Å²) in [6.07, 6.45) is -0.383. The van der Waals surface area contributed by atoms with Gasteiger partial charge in [-0.3, -0.25) is 4.79 Å². The van der Waals surface area contributed by atoms with E-state index in [1.54, 1.807) is 0 Å². The Morgan fingerprint density at radius 1 is 1.70 bits per heavy atom. The molecule has 1 saturated heterocycles. The fraction of sp³-hybridized carbons (Fsp3) is 0.833. The maximum absolute atomic E-state index is 10.4. The van der Waals surface area contributed by atoms with Crippen LogP contribution in [0.1, 0.15) is 13.8 Å². The monoisotopic (exact) mass is 312 g/mol. The maximum Gasteiger partial charge on any atom is 0.229 e. The van der Waals surface area contributed by atoms with E-state index in [4.69, 9.17) is 4.74 Å². The van der Waals surface area contributed by atoms with Crippen LogP contribution in [0, 0.1) is 5.92 Å². The van der Waals surface area contributed by atoms with Crippen LogP contribution in [-0.4, -0.2) is 18.7 Å². The van der Waals surface area contributed by atoms with Crippen LogP contribution in [0.2, 0.25) is 0 Å². The van der Waals surface area contributed by atoms with Gasteiger partial charge < -0.3 is 10.1 Å². The van der Waals surface area contributed by atoms with E-state index in [0.29, 0.717) is 12.5 Å². The molecule has 0 aromatic heterocycles. The fourth-order valence-electron chi connectivity index (χ4n) is 0.715. The van der Waals surface area contributed by atoms with Crippen molar-refractivity contribution in [2.45, 2.75) is 20.0 Å². The number of nitrogens with zero attached hydrogens (tertiary/aromatic N) is 1. The van der Waals surface area contributed by atoms with Gasteiger partial charge in [-0.1, -0.05) is 20.4 Å². The second-order valence-electron chi connectivity index (χ2n) is 2.51. The van der Waals surface area contributed by atoms with Gasteiger partial charge in [-0.2, -0.15) is 0 Å². The molecule has 4 heteroatoms. The maximum atomic E-state index is 10.4. The zero-order chi connectivity index (χ0) is 6.85. The normalized spacial score (nSPS) is 23.5. The molecule has 1 rings (SSSR count). The SMILES string of the molecule is CC(C)[C@@H]1C[N-]C(=O)O1.[W]. The average Bonchev–Trinajstić information content (AvgIpc) is 2.14. The number of carbonyl (C=O) groups is 1. The molecule has 1 aliphatic heterocycles. The summed E-state index contributed by atoms with van der Waals surface area (Å²) in [4.78, 5) is 10.4. The molecule has 0 spiro atoms. The quantitative estimate of drug-likeness (QED) is 0.737. The summed E-state index contributed by atoms with van der Waals surface area (Å²) in [5.41, 5.74) is 0. The summed E-state index contributed by atoms with van der Waals surface area (Å²) >= 11 is 0. The molecule has 0 bridgehead atoms. The van der Waals surface area contributed by atoms with E-state index >= 15 is 0 Å². The number of rotatable bonds is 1. The van der Waals surface area contributed by atoms with Crippen LogP contribution in [0.3, 0.4) is 0 Å². The van der Waals surface area contributed by atoms with Gasteiger partial charge in [0.15, 0.2) is 0 Å². The molecule has 10 heavy (non-hydrogen) atoms. The first-order valence-electron chi connectivity index (χ1n) is 3.08. The first-order chi connectivity index (χ1) is 4.20. The van der Waals surface area contributed by atoms with Crippen molar-refractivity contribution < 1.29 is 30.6 Å². The van der Waals surface area contributed by atoms with Gasteiger partial charge in [0, 0.05) is 21.1 Å². The molecule has 1 heterocycles. The molecule has 1 fully saturated rings. The molecule has 0 unspecified atom stereocenters. The van der Waals surface area contributed by atoms with Gasteiger partial charge in [0.2, 0.25) is 6.09 Å². The molecule has 0 saturated carbocycles. The van der Waals surface area contributed by atoms with Crippen molar-refractivity contribution in [1.29, 1.82) is 0 Å². The van der Waals surface area contributed by atoms with Gasteiger partial charge in [-0.15, -0.1) is 0 Å². The van der Waals surface area contributed by atoms with Crippen molar-refractivity contribution in [3.05, 3.63) is 5.32 Å². The molecule has 58 valence electrons. The molecule has 1 aliphatic rings. The van der Waals surface area contributed by atoms with Crippen molar-refractivity contribution in [3.63, 3.8) is 0 Å². The van der Waals surface area contributed by atoms with E-state index in [9.17, 15) is 4.79 Å². The molecule has 0 N–H and O–H groups in total. The third-order valence-corrected chi connectivity index (χ3v) is 1.40. The molecule has 0 aromatic rings. The Morgan fingerprint density at radius 3 is 2.50 bits per heavy atom. The van der Waals surface area contributed by atoms with E-state index in [1.807, 2.05) is 13.8 Å². The standard InChI is InChI=1S/C6H11NO2.W/c1-4(2)5-3-7-6(8)9-5;/h4-5H,3H2,1-2H3,(H,7,8);/p-1/t5-;/m0./s1. The van der Waals surface area contributed by atoms with E-state index in [0.717, 1.165) is 0 Å². The van der Waals surface area contributed by atoms with E-state index in [1.165, 1.54) is 0 Å². The Labute approximate surface area is 74.8 Å². The largest absolute Gasteiger partial charge is 0.614 e. The van der Waals surface area contributed by atoms with Crippen LogP contribution in [0.15, 0.2) is 0 Å². The molecule has 0 aromatic carbocycles. The van der Waals surface area contributed by atoms with Crippen molar-refractivity contribution in [1.82, 2.24) is 0 Å². The Bertz CT molecular complexity index is 127. The smallest absolute Gasteiger partial charge is 0.229 e. The summed E-state index contributed by atoms with van der Waals surface area (Å²) in [5.74, 6) is 0.389. The summed E-state index contributed by atoms with van der Waals surface area (Å²) in [6.45, 7) is 4.56. The van der Waals surface area contributed by atoms with E-state index in [2.05, 4.69) is 5.32 Å². The topological polar surface area (TPSA) is 40.4 Å². The molecular weight excluding hydrogens is 302 g/mol. The molecule has 0 radical (unpaired) electrons.